The molecule has 0 saturated heterocycles. The lowest BCUT2D eigenvalue weighted by Gasteiger charge is -2.34. The molecular weight excluding hydrogens is 222 g/mol. The van der Waals surface area contributed by atoms with Crippen LogP contribution >= 0.6 is 0 Å². The van der Waals surface area contributed by atoms with E-state index in [1.54, 1.807) is 0 Å². The summed E-state index contributed by atoms with van der Waals surface area (Å²) in [5.41, 5.74) is 0. The van der Waals surface area contributed by atoms with Crippen molar-refractivity contribution in [2.24, 2.45) is 5.92 Å². The summed E-state index contributed by atoms with van der Waals surface area (Å²) in [6.07, 6.45) is 13.1. The monoisotopic (exact) mass is 253 g/mol. The van der Waals surface area contributed by atoms with Gasteiger partial charge in [0.05, 0.1) is 12.2 Å². The maximum Gasteiger partial charge on any atom is 0.0731 e. The second-order valence-corrected chi connectivity index (χ2v) is 6.37. The first-order valence-corrected chi connectivity index (χ1v) is 8.18. The molecule has 4 atom stereocenters. The van der Waals surface area contributed by atoms with Gasteiger partial charge in [-0.05, 0) is 38.1 Å². The Hall–Kier alpha value is -0.0800. The summed E-state index contributed by atoms with van der Waals surface area (Å²) in [7, 11) is 0. The van der Waals surface area contributed by atoms with Crippen LogP contribution in [0.2, 0.25) is 0 Å². The van der Waals surface area contributed by atoms with Crippen molar-refractivity contribution in [3.63, 3.8) is 0 Å². The summed E-state index contributed by atoms with van der Waals surface area (Å²) >= 11 is 0. The van der Waals surface area contributed by atoms with Crippen molar-refractivity contribution >= 4 is 0 Å². The zero-order valence-corrected chi connectivity index (χ0v) is 12.3. The normalized spacial score (nSPS) is 38.3. The molecule has 0 heterocycles. The lowest BCUT2D eigenvalue weighted by molar-refractivity contribution is -0.0567. The van der Waals surface area contributed by atoms with E-state index in [0.717, 1.165) is 12.5 Å². The van der Waals surface area contributed by atoms with Gasteiger partial charge in [-0.1, -0.05) is 46.0 Å². The molecule has 0 aromatic heterocycles. The van der Waals surface area contributed by atoms with Crippen LogP contribution in [0.4, 0.5) is 0 Å². The zero-order chi connectivity index (χ0) is 12.8. The van der Waals surface area contributed by atoms with Crippen LogP contribution in [-0.2, 0) is 4.74 Å². The Bertz CT molecular complexity index is 231. The van der Waals surface area contributed by atoms with Gasteiger partial charge in [-0.2, -0.15) is 0 Å². The Morgan fingerprint density at radius 3 is 2.61 bits per heavy atom. The molecule has 0 radical (unpaired) electrons. The number of rotatable bonds is 4. The fourth-order valence-electron chi connectivity index (χ4n) is 3.68. The predicted octanol–water partition coefficient (Wildman–Crippen LogP) is 3.89. The van der Waals surface area contributed by atoms with Crippen LogP contribution in [0.25, 0.3) is 0 Å². The maximum atomic E-state index is 6.49. The molecule has 106 valence electrons. The van der Waals surface area contributed by atoms with E-state index in [0.29, 0.717) is 18.2 Å². The molecule has 0 spiro atoms. The first kappa shape index (κ1) is 14.3. The third-order valence-corrected chi connectivity index (χ3v) is 4.67. The molecule has 0 aliphatic heterocycles. The van der Waals surface area contributed by atoms with E-state index in [2.05, 4.69) is 19.2 Å². The Labute approximate surface area is 113 Å². The molecule has 4 unspecified atom stereocenters. The summed E-state index contributed by atoms with van der Waals surface area (Å²) in [6, 6.07) is 0.606. The molecule has 0 bridgehead atoms. The summed E-state index contributed by atoms with van der Waals surface area (Å²) in [5.74, 6) is 0.868. The average Bonchev–Trinajstić information content (AvgIpc) is 2.56. The minimum absolute atomic E-state index is 0.475. The minimum Gasteiger partial charge on any atom is -0.373 e. The molecule has 2 nitrogen and oxygen atoms in total. The molecule has 2 heteroatoms. The molecule has 2 saturated carbocycles. The van der Waals surface area contributed by atoms with Crippen LogP contribution in [0.5, 0.6) is 0 Å². The Morgan fingerprint density at radius 1 is 1.00 bits per heavy atom. The lowest BCUT2D eigenvalue weighted by atomic mass is 9.88. The summed E-state index contributed by atoms with van der Waals surface area (Å²) in [4.78, 5) is 0. The molecule has 0 aromatic rings. The first-order valence-electron chi connectivity index (χ1n) is 8.18. The Balaban J connectivity index is 1.86. The Morgan fingerprint density at radius 2 is 1.83 bits per heavy atom. The second kappa shape index (κ2) is 7.49. The smallest absolute Gasteiger partial charge is 0.0731 e. The van der Waals surface area contributed by atoms with Crippen molar-refractivity contribution in [1.82, 2.24) is 5.32 Å². The molecule has 0 aromatic carbocycles. The van der Waals surface area contributed by atoms with E-state index in [1.165, 1.54) is 57.8 Å². The maximum absolute atomic E-state index is 6.49. The van der Waals surface area contributed by atoms with Gasteiger partial charge in [0.25, 0.3) is 0 Å². The average molecular weight is 253 g/mol. The van der Waals surface area contributed by atoms with Crippen molar-refractivity contribution in [2.45, 2.75) is 89.9 Å². The fraction of sp³-hybridized carbons (Fsp3) is 1.00. The number of ether oxygens (including phenoxy) is 1. The fourth-order valence-corrected chi connectivity index (χ4v) is 3.68. The largest absolute Gasteiger partial charge is 0.373 e. The van der Waals surface area contributed by atoms with Gasteiger partial charge in [-0.25, -0.2) is 0 Å². The van der Waals surface area contributed by atoms with Gasteiger partial charge in [0.2, 0.25) is 0 Å². The molecule has 2 fully saturated rings. The van der Waals surface area contributed by atoms with Crippen molar-refractivity contribution in [1.29, 1.82) is 0 Å². The molecular formula is C16H31NO. The third kappa shape index (κ3) is 4.24. The minimum atomic E-state index is 0.475. The number of hydrogen-bond donors (Lipinski definition) is 1. The predicted molar refractivity (Wildman–Crippen MR) is 76.8 cm³/mol. The highest BCUT2D eigenvalue weighted by Gasteiger charge is 2.28. The van der Waals surface area contributed by atoms with E-state index in [9.17, 15) is 0 Å². The first-order chi connectivity index (χ1) is 8.79. The molecule has 2 aliphatic rings. The van der Waals surface area contributed by atoms with Crippen LogP contribution in [0.15, 0.2) is 0 Å². The van der Waals surface area contributed by atoms with Crippen molar-refractivity contribution < 1.29 is 4.74 Å². The van der Waals surface area contributed by atoms with E-state index in [-0.39, 0.29) is 0 Å². The summed E-state index contributed by atoms with van der Waals surface area (Å²) in [6.45, 7) is 5.67. The van der Waals surface area contributed by atoms with Gasteiger partial charge >= 0.3 is 0 Å². The summed E-state index contributed by atoms with van der Waals surface area (Å²) < 4.78 is 6.49. The number of likely N-dealkylation sites (N-methyl/N-ethyl adjacent to an activating group) is 1. The van der Waals surface area contributed by atoms with E-state index in [4.69, 9.17) is 4.74 Å². The zero-order valence-electron chi connectivity index (χ0n) is 12.3. The highest BCUT2D eigenvalue weighted by Crippen LogP contribution is 2.29. The van der Waals surface area contributed by atoms with Crippen molar-refractivity contribution in [3.05, 3.63) is 0 Å². The number of hydrogen-bond acceptors (Lipinski definition) is 2. The van der Waals surface area contributed by atoms with E-state index in [1.807, 2.05) is 0 Å². The highest BCUT2D eigenvalue weighted by atomic mass is 16.5. The molecule has 18 heavy (non-hydrogen) atoms. The van der Waals surface area contributed by atoms with E-state index >= 15 is 0 Å². The van der Waals surface area contributed by atoms with Crippen LogP contribution in [0.1, 0.15) is 71.6 Å². The van der Waals surface area contributed by atoms with Gasteiger partial charge in [0, 0.05) is 6.04 Å². The standard InChI is InChI=1S/C16H31NO/c1-3-17-15-10-5-4-6-11-16(15)18-14-9-7-8-13(2)12-14/h13-17H,3-12H2,1-2H3. The molecule has 2 aliphatic carbocycles. The van der Waals surface area contributed by atoms with Crippen molar-refractivity contribution in [2.75, 3.05) is 6.54 Å². The van der Waals surface area contributed by atoms with Crippen LogP contribution in [0.3, 0.4) is 0 Å². The van der Waals surface area contributed by atoms with Gasteiger partial charge in [0.15, 0.2) is 0 Å². The third-order valence-electron chi connectivity index (χ3n) is 4.67. The van der Waals surface area contributed by atoms with E-state index < -0.39 is 0 Å². The van der Waals surface area contributed by atoms with Crippen molar-refractivity contribution in [3.8, 4) is 0 Å². The quantitative estimate of drug-likeness (QED) is 0.767. The molecule has 2 rings (SSSR count). The summed E-state index contributed by atoms with van der Waals surface area (Å²) in [5, 5.41) is 3.65. The SMILES string of the molecule is CCNC1CCCCCC1OC1CCCC(C)C1. The van der Waals surface area contributed by atoms with Crippen LogP contribution < -0.4 is 5.32 Å². The lowest BCUT2D eigenvalue weighted by Crippen LogP contribution is -2.43. The van der Waals surface area contributed by atoms with Gasteiger partial charge < -0.3 is 10.1 Å². The van der Waals surface area contributed by atoms with Gasteiger partial charge in [-0.15, -0.1) is 0 Å². The van der Waals surface area contributed by atoms with Crippen LogP contribution in [-0.4, -0.2) is 24.8 Å². The second-order valence-electron chi connectivity index (χ2n) is 6.37. The molecule has 0 amide bonds. The van der Waals surface area contributed by atoms with Gasteiger partial charge in [-0.3, -0.25) is 0 Å². The molecule has 1 N–H and O–H groups in total. The number of nitrogens with one attached hydrogen (secondary N) is 1. The highest BCUT2D eigenvalue weighted by molar-refractivity contribution is 4.82. The van der Waals surface area contributed by atoms with Gasteiger partial charge in [0.1, 0.15) is 0 Å². The topological polar surface area (TPSA) is 21.3 Å². The van der Waals surface area contributed by atoms with Crippen LogP contribution in [0, 0.1) is 5.92 Å². The Kier molecular flexibility index (Phi) is 5.97.